The first-order valence-electron chi connectivity index (χ1n) is 11.0. The lowest BCUT2D eigenvalue weighted by Crippen LogP contribution is -2.20. The molecule has 36 heavy (non-hydrogen) atoms. The summed E-state index contributed by atoms with van der Waals surface area (Å²) in [5.41, 5.74) is 3.24. The monoisotopic (exact) mass is 498 g/mol. The van der Waals surface area contributed by atoms with Gasteiger partial charge in [-0.25, -0.2) is 4.68 Å². The van der Waals surface area contributed by atoms with E-state index in [1.807, 2.05) is 60.7 Å². The van der Waals surface area contributed by atoms with Crippen molar-refractivity contribution in [2.24, 2.45) is 0 Å². The van der Waals surface area contributed by atoms with Crippen LogP contribution in [-0.4, -0.2) is 25.6 Å². The highest BCUT2D eigenvalue weighted by atomic mass is 35.5. The van der Waals surface area contributed by atoms with Crippen molar-refractivity contribution < 1.29 is 9.72 Å². The van der Waals surface area contributed by atoms with Crippen LogP contribution in [0, 0.1) is 10.1 Å². The zero-order chi connectivity index (χ0) is 25.1. The largest absolute Gasteiger partial charge is 0.324 e. The number of allylic oxidation sites excluding steroid dienone is 1. The van der Waals surface area contributed by atoms with E-state index in [1.54, 1.807) is 16.8 Å². The van der Waals surface area contributed by atoms with Gasteiger partial charge in [0.05, 0.1) is 4.92 Å². The second kappa shape index (κ2) is 9.85. The van der Waals surface area contributed by atoms with Gasteiger partial charge in [0, 0.05) is 28.9 Å². The molecular weight excluding hydrogens is 480 g/mol. The molecule has 1 amide bonds. The SMILES string of the molecule is O=C(C=Cc1cccc([N+](=O)[O-])c1)Nc1nc2n(n1)C(c1ccccc1)C=C(c1ccc(Cl)cc1)N2. The number of aromatic nitrogens is 3. The molecule has 9 nitrogen and oxygen atoms in total. The topological polar surface area (TPSA) is 115 Å². The van der Waals surface area contributed by atoms with Gasteiger partial charge in [0.2, 0.25) is 5.95 Å². The zero-order valence-corrected chi connectivity index (χ0v) is 19.5. The Balaban J connectivity index is 1.40. The number of carbonyl (C=O) groups excluding carboxylic acids is 1. The number of hydrogen-bond donors (Lipinski definition) is 2. The van der Waals surface area contributed by atoms with Crippen LogP contribution in [0.5, 0.6) is 0 Å². The van der Waals surface area contributed by atoms with Crippen molar-refractivity contribution in [3.05, 3.63) is 123 Å². The molecule has 0 radical (unpaired) electrons. The highest BCUT2D eigenvalue weighted by Crippen LogP contribution is 2.33. The first-order chi connectivity index (χ1) is 17.5. The molecule has 178 valence electrons. The Morgan fingerprint density at radius 1 is 1.08 bits per heavy atom. The van der Waals surface area contributed by atoms with Crippen LogP contribution in [0.25, 0.3) is 11.8 Å². The number of rotatable bonds is 6. The second-order valence-electron chi connectivity index (χ2n) is 7.95. The van der Waals surface area contributed by atoms with Gasteiger partial charge in [-0.05, 0) is 41.0 Å². The lowest BCUT2D eigenvalue weighted by molar-refractivity contribution is -0.384. The standard InChI is InChI=1S/C26H19ClN6O3/c27-20-12-10-18(11-13-20)22-16-23(19-6-2-1-3-7-19)32-26(28-22)30-25(31-32)29-24(34)14-9-17-5-4-8-21(15-17)33(35)36/h1-16,23H,(H2,28,29,30,31,34). The van der Waals surface area contributed by atoms with Gasteiger partial charge in [0.15, 0.2) is 0 Å². The Hall–Kier alpha value is -4.76. The number of halogens is 1. The molecule has 0 saturated carbocycles. The predicted molar refractivity (Wildman–Crippen MR) is 138 cm³/mol. The van der Waals surface area contributed by atoms with Gasteiger partial charge in [-0.1, -0.05) is 66.2 Å². The molecular formula is C26H19ClN6O3. The summed E-state index contributed by atoms with van der Waals surface area (Å²) in [6.45, 7) is 0. The summed E-state index contributed by atoms with van der Waals surface area (Å²) in [5, 5.41) is 22.0. The highest BCUT2D eigenvalue weighted by Gasteiger charge is 2.25. The number of nitro groups is 1. The van der Waals surface area contributed by atoms with E-state index in [2.05, 4.69) is 20.7 Å². The Morgan fingerprint density at radius 3 is 2.61 bits per heavy atom. The maximum absolute atomic E-state index is 12.5. The lowest BCUT2D eigenvalue weighted by atomic mass is 10.0. The van der Waals surface area contributed by atoms with Crippen LogP contribution in [0.15, 0.2) is 91.0 Å². The van der Waals surface area contributed by atoms with Crippen LogP contribution in [0.3, 0.4) is 0 Å². The van der Waals surface area contributed by atoms with Gasteiger partial charge < -0.3 is 5.32 Å². The van der Waals surface area contributed by atoms with Crippen molar-refractivity contribution in [3.63, 3.8) is 0 Å². The van der Waals surface area contributed by atoms with Crippen molar-refractivity contribution in [2.75, 3.05) is 10.6 Å². The lowest BCUT2D eigenvalue weighted by Gasteiger charge is -2.24. The third kappa shape index (κ3) is 5.01. The summed E-state index contributed by atoms with van der Waals surface area (Å²) in [6.07, 6.45) is 4.80. The van der Waals surface area contributed by atoms with E-state index in [4.69, 9.17) is 11.6 Å². The Bertz CT molecular complexity index is 1500. The van der Waals surface area contributed by atoms with Gasteiger partial charge in [-0.3, -0.25) is 20.2 Å². The predicted octanol–water partition coefficient (Wildman–Crippen LogP) is 5.55. The van der Waals surface area contributed by atoms with E-state index in [0.29, 0.717) is 16.5 Å². The van der Waals surface area contributed by atoms with Crippen LogP contribution in [0.2, 0.25) is 5.02 Å². The molecule has 0 spiro atoms. The van der Waals surface area contributed by atoms with Crippen LogP contribution in [0.4, 0.5) is 17.6 Å². The average Bonchev–Trinajstić information content (AvgIpc) is 3.30. The second-order valence-corrected chi connectivity index (χ2v) is 8.38. The summed E-state index contributed by atoms with van der Waals surface area (Å²) < 4.78 is 1.70. The summed E-state index contributed by atoms with van der Waals surface area (Å²) in [5.74, 6) is 0.124. The highest BCUT2D eigenvalue weighted by molar-refractivity contribution is 6.30. The molecule has 1 atom stereocenters. The van der Waals surface area contributed by atoms with Crippen LogP contribution < -0.4 is 10.6 Å². The molecule has 0 bridgehead atoms. The summed E-state index contributed by atoms with van der Waals surface area (Å²) in [6, 6.07) is 23.0. The average molecular weight is 499 g/mol. The summed E-state index contributed by atoms with van der Waals surface area (Å²) in [7, 11) is 0. The van der Waals surface area contributed by atoms with Crippen molar-refractivity contribution >= 4 is 46.9 Å². The molecule has 0 fully saturated rings. The fourth-order valence-electron chi connectivity index (χ4n) is 3.80. The Kier molecular flexibility index (Phi) is 6.29. The molecule has 0 saturated heterocycles. The molecule has 3 aromatic carbocycles. The third-order valence-electron chi connectivity index (χ3n) is 5.51. The fraction of sp³-hybridized carbons (Fsp3) is 0.0385. The molecule has 1 aliphatic rings. The molecule has 4 aromatic rings. The normalized spacial score (nSPS) is 14.6. The molecule has 1 aromatic heterocycles. The number of anilines is 2. The molecule has 0 aliphatic carbocycles. The van der Waals surface area contributed by atoms with Crippen molar-refractivity contribution in [1.29, 1.82) is 0 Å². The van der Waals surface area contributed by atoms with E-state index in [1.165, 1.54) is 24.3 Å². The minimum atomic E-state index is -0.487. The minimum Gasteiger partial charge on any atom is -0.324 e. The summed E-state index contributed by atoms with van der Waals surface area (Å²) in [4.78, 5) is 27.5. The molecule has 1 aliphatic heterocycles. The van der Waals surface area contributed by atoms with E-state index >= 15 is 0 Å². The van der Waals surface area contributed by atoms with Gasteiger partial charge in [0.25, 0.3) is 17.5 Å². The Labute approximate surface area is 210 Å². The maximum atomic E-state index is 12.5. The molecule has 1 unspecified atom stereocenters. The van der Waals surface area contributed by atoms with Gasteiger partial charge in [-0.15, -0.1) is 5.10 Å². The number of nitrogens with one attached hydrogen (secondary N) is 2. The number of carbonyl (C=O) groups is 1. The molecule has 2 heterocycles. The third-order valence-corrected chi connectivity index (χ3v) is 5.76. The summed E-state index contributed by atoms with van der Waals surface area (Å²) >= 11 is 6.05. The number of amides is 1. The maximum Gasteiger partial charge on any atom is 0.270 e. The van der Waals surface area contributed by atoms with Crippen molar-refractivity contribution in [3.8, 4) is 0 Å². The van der Waals surface area contributed by atoms with Crippen LogP contribution >= 0.6 is 11.6 Å². The van der Waals surface area contributed by atoms with E-state index in [-0.39, 0.29) is 17.7 Å². The number of non-ortho nitro benzene ring substituents is 1. The van der Waals surface area contributed by atoms with Gasteiger partial charge in [0.1, 0.15) is 6.04 Å². The van der Waals surface area contributed by atoms with E-state index in [0.717, 1.165) is 16.8 Å². The number of nitrogens with zero attached hydrogens (tertiary/aromatic N) is 4. The van der Waals surface area contributed by atoms with Crippen molar-refractivity contribution in [2.45, 2.75) is 6.04 Å². The first kappa shape index (κ1) is 23.0. The van der Waals surface area contributed by atoms with Crippen molar-refractivity contribution in [1.82, 2.24) is 14.8 Å². The number of nitro benzene ring substituents is 1. The molecule has 10 heteroatoms. The molecule has 2 N–H and O–H groups in total. The smallest absolute Gasteiger partial charge is 0.270 e. The first-order valence-corrected chi connectivity index (χ1v) is 11.3. The van der Waals surface area contributed by atoms with Crippen LogP contribution in [-0.2, 0) is 4.79 Å². The van der Waals surface area contributed by atoms with Crippen LogP contribution in [0.1, 0.15) is 22.7 Å². The fourth-order valence-corrected chi connectivity index (χ4v) is 3.92. The minimum absolute atomic E-state index is 0.0528. The Morgan fingerprint density at radius 2 is 1.86 bits per heavy atom. The van der Waals surface area contributed by atoms with E-state index < -0.39 is 10.8 Å². The number of benzene rings is 3. The zero-order valence-electron chi connectivity index (χ0n) is 18.7. The quantitative estimate of drug-likeness (QED) is 0.205. The molecule has 5 rings (SSSR count). The van der Waals surface area contributed by atoms with E-state index in [9.17, 15) is 14.9 Å². The number of hydrogen-bond acceptors (Lipinski definition) is 6. The van der Waals surface area contributed by atoms with Gasteiger partial charge >= 0.3 is 0 Å². The number of fused-ring (bicyclic) bond motifs is 1. The van der Waals surface area contributed by atoms with Gasteiger partial charge in [-0.2, -0.15) is 4.98 Å².